The molecule has 1 rings (SSSR count). The highest BCUT2D eigenvalue weighted by Crippen LogP contribution is 2.20. The third-order valence-corrected chi connectivity index (χ3v) is 3.81. The Morgan fingerprint density at radius 3 is 2.84 bits per heavy atom. The van der Waals surface area contributed by atoms with Crippen LogP contribution in [0.5, 0.6) is 0 Å². The summed E-state index contributed by atoms with van der Waals surface area (Å²) < 4.78 is 4.81. The summed E-state index contributed by atoms with van der Waals surface area (Å²) in [4.78, 5) is 23.6. The minimum Gasteiger partial charge on any atom is -0.480 e. The first kappa shape index (κ1) is 15.9. The lowest BCUT2D eigenvalue weighted by Gasteiger charge is -2.13. The van der Waals surface area contributed by atoms with E-state index in [1.54, 1.807) is 11.4 Å². The summed E-state index contributed by atoms with van der Waals surface area (Å²) in [6.07, 6.45) is 1.05. The first-order valence-corrected chi connectivity index (χ1v) is 7.02. The molecule has 0 radical (unpaired) electrons. The molecule has 0 bridgehead atoms. The average molecular weight is 306 g/mol. The summed E-state index contributed by atoms with van der Waals surface area (Å²) >= 11 is 7.26. The van der Waals surface area contributed by atoms with Gasteiger partial charge in [-0.1, -0.05) is 11.6 Å². The summed E-state index contributed by atoms with van der Waals surface area (Å²) in [5, 5.41) is 13.9. The number of thiophene rings is 1. The second-order valence-electron chi connectivity index (χ2n) is 3.97. The van der Waals surface area contributed by atoms with Crippen molar-refractivity contribution in [2.45, 2.75) is 25.3 Å². The van der Waals surface area contributed by atoms with E-state index in [1.165, 1.54) is 18.4 Å². The van der Waals surface area contributed by atoms with Crippen LogP contribution in [0.4, 0.5) is 0 Å². The number of carboxylic acids is 1. The van der Waals surface area contributed by atoms with Gasteiger partial charge in [-0.2, -0.15) is 0 Å². The Morgan fingerprint density at radius 2 is 2.32 bits per heavy atom. The van der Waals surface area contributed by atoms with Gasteiger partial charge in [-0.15, -0.1) is 11.3 Å². The van der Waals surface area contributed by atoms with Crippen LogP contribution in [0.25, 0.3) is 0 Å². The van der Waals surface area contributed by atoms with Crippen molar-refractivity contribution in [1.29, 1.82) is 0 Å². The normalized spacial score (nSPS) is 12.1. The first-order chi connectivity index (χ1) is 9.02. The molecule has 1 unspecified atom stereocenters. The second-order valence-corrected chi connectivity index (χ2v) is 5.40. The molecule has 1 amide bonds. The van der Waals surface area contributed by atoms with Gasteiger partial charge in [0.25, 0.3) is 0 Å². The van der Waals surface area contributed by atoms with Gasteiger partial charge in [0.05, 0.1) is 5.02 Å². The van der Waals surface area contributed by atoms with Crippen molar-refractivity contribution >= 4 is 34.8 Å². The molecule has 0 aliphatic carbocycles. The van der Waals surface area contributed by atoms with Crippen LogP contribution in [-0.4, -0.2) is 36.7 Å². The number of carbonyl (C=O) groups is 2. The number of aliphatic carboxylic acids is 1. The highest BCUT2D eigenvalue weighted by molar-refractivity contribution is 7.10. The quantitative estimate of drug-likeness (QED) is 0.769. The lowest BCUT2D eigenvalue weighted by molar-refractivity contribution is -0.142. The molecule has 1 aromatic heterocycles. The van der Waals surface area contributed by atoms with E-state index in [-0.39, 0.29) is 25.4 Å². The number of hydrogen-bond acceptors (Lipinski definition) is 4. The summed E-state index contributed by atoms with van der Waals surface area (Å²) in [6, 6.07) is 0.901. The van der Waals surface area contributed by atoms with Crippen LogP contribution in [-0.2, 0) is 20.7 Å². The summed E-state index contributed by atoms with van der Waals surface area (Å²) in [5.41, 5.74) is 0. The van der Waals surface area contributed by atoms with Gasteiger partial charge < -0.3 is 15.2 Å². The summed E-state index contributed by atoms with van der Waals surface area (Å²) in [7, 11) is 1.49. The van der Waals surface area contributed by atoms with Gasteiger partial charge in [0, 0.05) is 36.8 Å². The minimum absolute atomic E-state index is 0.244. The molecule has 2 N–H and O–H groups in total. The van der Waals surface area contributed by atoms with E-state index in [1.807, 2.05) is 0 Å². The van der Waals surface area contributed by atoms with Crippen molar-refractivity contribution in [3.63, 3.8) is 0 Å². The summed E-state index contributed by atoms with van der Waals surface area (Å²) in [6.45, 7) is 0.289. The standard InChI is InChI=1S/C12H16ClNO4S/c1-18-5-4-10(12(16)17)14-11(15)3-2-9-6-8(13)7-19-9/h6-7,10H,2-5H2,1H3,(H,14,15)(H,16,17). The maximum Gasteiger partial charge on any atom is 0.326 e. The van der Waals surface area contributed by atoms with Crippen molar-refractivity contribution in [3.05, 3.63) is 21.3 Å². The molecule has 106 valence electrons. The van der Waals surface area contributed by atoms with Crippen LogP contribution < -0.4 is 5.32 Å². The SMILES string of the molecule is COCCC(NC(=O)CCc1cc(Cl)cs1)C(=O)O. The van der Waals surface area contributed by atoms with Gasteiger partial charge in [0.2, 0.25) is 5.91 Å². The molecule has 7 heteroatoms. The fourth-order valence-corrected chi connectivity index (χ4v) is 2.56. The van der Waals surface area contributed by atoms with Gasteiger partial charge in [0.15, 0.2) is 0 Å². The van der Waals surface area contributed by atoms with E-state index in [4.69, 9.17) is 21.4 Å². The number of nitrogens with one attached hydrogen (secondary N) is 1. The zero-order valence-corrected chi connectivity index (χ0v) is 12.1. The second kappa shape index (κ2) is 8.14. The Hall–Kier alpha value is -1.11. The molecule has 0 fully saturated rings. The Bertz CT molecular complexity index is 435. The Kier molecular flexibility index (Phi) is 6.83. The molecule has 0 spiro atoms. The van der Waals surface area contributed by atoms with E-state index < -0.39 is 12.0 Å². The van der Waals surface area contributed by atoms with Crippen LogP contribution in [0.15, 0.2) is 11.4 Å². The van der Waals surface area contributed by atoms with Crippen molar-refractivity contribution in [3.8, 4) is 0 Å². The van der Waals surface area contributed by atoms with Gasteiger partial charge >= 0.3 is 5.97 Å². The highest BCUT2D eigenvalue weighted by atomic mass is 35.5. The van der Waals surface area contributed by atoms with E-state index in [2.05, 4.69) is 5.32 Å². The molecule has 0 saturated heterocycles. The topological polar surface area (TPSA) is 75.6 Å². The molecule has 0 aromatic carbocycles. The molecule has 0 aliphatic heterocycles. The van der Waals surface area contributed by atoms with Gasteiger partial charge in [0.1, 0.15) is 6.04 Å². The third kappa shape index (κ3) is 6.04. The maximum absolute atomic E-state index is 11.7. The third-order valence-electron chi connectivity index (χ3n) is 2.46. The Labute approximate surface area is 120 Å². The number of carbonyl (C=O) groups excluding carboxylic acids is 1. The Morgan fingerprint density at radius 1 is 1.58 bits per heavy atom. The number of halogens is 1. The molecule has 0 aliphatic rings. The number of hydrogen-bond donors (Lipinski definition) is 2. The lowest BCUT2D eigenvalue weighted by atomic mass is 10.2. The van der Waals surface area contributed by atoms with Crippen LogP contribution in [0.2, 0.25) is 5.02 Å². The number of amides is 1. The predicted molar refractivity (Wildman–Crippen MR) is 73.7 cm³/mol. The fourth-order valence-electron chi connectivity index (χ4n) is 1.48. The van der Waals surface area contributed by atoms with Crippen molar-refractivity contribution in [2.24, 2.45) is 0 Å². The van der Waals surface area contributed by atoms with Crippen LogP contribution in [0.1, 0.15) is 17.7 Å². The molecule has 5 nitrogen and oxygen atoms in total. The van der Waals surface area contributed by atoms with Gasteiger partial charge in [-0.05, 0) is 12.5 Å². The van der Waals surface area contributed by atoms with Crippen LogP contribution in [0, 0.1) is 0 Å². The monoisotopic (exact) mass is 305 g/mol. The molecule has 0 saturated carbocycles. The van der Waals surface area contributed by atoms with E-state index in [9.17, 15) is 9.59 Å². The molecular weight excluding hydrogens is 290 g/mol. The zero-order valence-electron chi connectivity index (χ0n) is 10.5. The van der Waals surface area contributed by atoms with E-state index in [0.29, 0.717) is 11.4 Å². The predicted octanol–water partition coefficient (Wildman–Crippen LogP) is 1.94. The molecule has 1 atom stereocenters. The molecule has 1 aromatic rings. The van der Waals surface area contributed by atoms with Crippen molar-refractivity contribution < 1.29 is 19.4 Å². The fraction of sp³-hybridized carbons (Fsp3) is 0.500. The van der Waals surface area contributed by atoms with E-state index >= 15 is 0 Å². The zero-order chi connectivity index (χ0) is 14.3. The van der Waals surface area contributed by atoms with Gasteiger partial charge in [-0.3, -0.25) is 4.79 Å². The number of methoxy groups -OCH3 is 1. The molecular formula is C12H16ClNO4S. The lowest BCUT2D eigenvalue weighted by Crippen LogP contribution is -2.41. The van der Waals surface area contributed by atoms with Gasteiger partial charge in [-0.25, -0.2) is 4.79 Å². The molecule has 19 heavy (non-hydrogen) atoms. The highest BCUT2D eigenvalue weighted by Gasteiger charge is 2.19. The van der Waals surface area contributed by atoms with Crippen molar-refractivity contribution in [1.82, 2.24) is 5.32 Å². The number of carboxylic acid groups (broad SMARTS) is 1. The molecule has 1 heterocycles. The Balaban J connectivity index is 2.37. The maximum atomic E-state index is 11.7. The average Bonchev–Trinajstić information content (AvgIpc) is 2.77. The number of ether oxygens (including phenoxy) is 1. The number of aryl methyl sites for hydroxylation is 1. The smallest absolute Gasteiger partial charge is 0.326 e. The van der Waals surface area contributed by atoms with Crippen LogP contribution >= 0.6 is 22.9 Å². The summed E-state index contributed by atoms with van der Waals surface area (Å²) in [5.74, 6) is -1.34. The van der Waals surface area contributed by atoms with E-state index in [0.717, 1.165) is 4.88 Å². The largest absolute Gasteiger partial charge is 0.480 e. The van der Waals surface area contributed by atoms with Crippen molar-refractivity contribution in [2.75, 3.05) is 13.7 Å². The first-order valence-electron chi connectivity index (χ1n) is 5.77. The van der Waals surface area contributed by atoms with Crippen LogP contribution in [0.3, 0.4) is 0 Å². The number of rotatable bonds is 8. The minimum atomic E-state index is -1.05.